The van der Waals surface area contributed by atoms with E-state index in [-0.39, 0.29) is 30.7 Å². The number of ether oxygens (including phenoxy) is 1. The molecule has 0 aliphatic carbocycles. The van der Waals surface area contributed by atoms with Crippen LogP contribution in [-0.2, 0) is 11.0 Å². The van der Waals surface area contributed by atoms with Crippen molar-refractivity contribution in [3.63, 3.8) is 0 Å². The third-order valence-corrected chi connectivity index (χ3v) is 4.17. The van der Waals surface area contributed by atoms with Crippen molar-refractivity contribution < 1.29 is 27.8 Å². The van der Waals surface area contributed by atoms with Gasteiger partial charge in [-0.3, -0.25) is 4.79 Å². The predicted octanol–water partition coefficient (Wildman–Crippen LogP) is 1.90. The predicted molar refractivity (Wildman–Crippen MR) is 86.2 cm³/mol. The van der Waals surface area contributed by atoms with Crippen LogP contribution in [0.15, 0.2) is 24.3 Å². The van der Waals surface area contributed by atoms with Gasteiger partial charge < -0.3 is 20.1 Å². The van der Waals surface area contributed by atoms with E-state index in [0.29, 0.717) is 0 Å². The number of halogens is 3. The summed E-state index contributed by atoms with van der Waals surface area (Å²) in [5, 5.41) is 13.2. The maximum Gasteiger partial charge on any atom is 0.416 e. The number of rotatable bonds is 6. The maximum atomic E-state index is 12.5. The smallest absolute Gasteiger partial charge is 0.416 e. The van der Waals surface area contributed by atoms with Crippen LogP contribution in [0.2, 0.25) is 0 Å². The van der Waals surface area contributed by atoms with Crippen LogP contribution in [0.5, 0.6) is 5.75 Å². The van der Waals surface area contributed by atoms with Gasteiger partial charge >= 0.3 is 6.18 Å². The molecule has 1 heterocycles. The molecular weight excluding hydrogens is 337 g/mol. The average molecular weight is 360 g/mol. The molecule has 1 atom stereocenters. The SMILES string of the molecule is CN(CC(O)COc1ccc(C(F)(F)F)cc1)C(=O)C1CCNCC1. The Morgan fingerprint density at radius 3 is 2.48 bits per heavy atom. The molecule has 2 rings (SSSR count). The highest BCUT2D eigenvalue weighted by Crippen LogP contribution is 2.30. The zero-order chi connectivity index (χ0) is 18.4. The van der Waals surface area contributed by atoms with Gasteiger partial charge in [-0.15, -0.1) is 0 Å². The fourth-order valence-electron chi connectivity index (χ4n) is 2.77. The number of amides is 1. The Kier molecular flexibility index (Phi) is 6.66. The van der Waals surface area contributed by atoms with Crippen molar-refractivity contribution in [1.82, 2.24) is 10.2 Å². The van der Waals surface area contributed by atoms with Crippen LogP contribution in [0.1, 0.15) is 18.4 Å². The number of nitrogens with zero attached hydrogens (tertiary/aromatic N) is 1. The van der Waals surface area contributed by atoms with E-state index in [1.165, 1.54) is 17.0 Å². The lowest BCUT2D eigenvalue weighted by Crippen LogP contribution is -2.43. The van der Waals surface area contributed by atoms with Crippen molar-refractivity contribution in [2.75, 3.05) is 33.3 Å². The Hall–Kier alpha value is -1.80. The van der Waals surface area contributed by atoms with Gasteiger partial charge in [-0.05, 0) is 50.2 Å². The minimum Gasteiger partial charge on any atom is -0.491 e. The van der Waals surface area contributed by atoms with Crippen molar-refractivity contribution >= 4 is 5.91 Å². The normalized spacial score (nSPS) is 17.2. The number of carbonyl (C=O) groups excluding carboxylic acids is 1. The molecule has 0 aromatic heterocycles. The highest BCUT2D eigenvalue weighted by molar-refractivity contribution is 5.78. The number of carbonyl (C=O) groups is 1. The molecule has 5 nitrogen and oxygen atoms in total. The molecule has 2 N–H and O–H groups in total. The van der Waals surface area contributed by atoms with E-state index in [0.717, 1.165) is 38.1 Å². The van der Waals surface area contributed by atoms with E-state index in [4.69, 9.17) is 4.74 Å². The number of aliphatic hydroxyl groups excluding tert-OH is 1. The number of benzene rings is 1. The van der Waals surface area contributed by atoms with Gasteiger partial charge in [0.2, 0.25) is 5.91 Å². The van der Waals surface area contributed by atoms with Gasteiger partial charge in [-0.2, -0.15) is 13.2 Å². The van der Waals surface area contributed by atoms with Crippen LogP contribution in [0.4, 0.5) is 13.2 Å². The molecule has 1 amide bonds. The van der Waals surface area contributed by atoms with Crippen LogP contribution in [0.3, 0.4) is 0 Å². The molecular formula is C17H23F3N2O3. The summed E-state index contributed by atoms with van der Waals surface area (Å²) in [6.07, 6.45) is -3.75. The van der Waals surface area contributed by atoms with Crippen LogP contribution in [0, 0.1) is 5.92 Å². The molecule has 8 heteroatoms. The van der Waals surface area contributed by atoms with Gasteiger partial charge in [-0.25, -0.2) is 0 Å². The van der Waals surface area contributed by atoms with Gasteiger partial charge in [0.1, 0.15) is 18.5 Å². The first-order valence-corrected chi connectivity index (χ1v) is 8.21. The molecule has 1 saturated heterocycles. The van der Waals surface area contributed by atoms with Crippen LogP contribution in [-0.4, -0.2) is 55.3 Å². The Morgan fingerprint density at radius 1 is 1.32 bits per heavy atom. The molecule has 0 radical (unpaired) electrons. The van der Waals surface area contributed by atoms with Gasteiger partial charge in [0, 0.05) is 19.5 Å². The molecule has 0 bridgehead atoms. The number of alkyl halides is 3. The molecule has 1 aliphatic heterocycles. The van der Waals surface area contributed by atoms with Crippen molar-refractivity contribution in [1.29, 1.82) is 0 Å². The standard InChI is InChI=1S/C17H23F3N2O3/c1-22(16(24)12-6-8-21-9-7-12)10-14(23)11-25-15-4-2-13(3-5-15)17(18,19)20/h2-5,12,14,21,23H,6-11H2,1H3. The lowest BCUT2D eigenvalue weighted by Gasteiger charge is -2.28. The van der Waals surface area contributed by atoms with Crippen LogP contribution < -0.4 is 10.1 Å². The van der Waals surface area contributed by atoms with Crippen LogP contribution in [0.25, 0.3) is 0 Å². The van der Waals surface area contributed by atoms with Crippen molar-refractivity contribution in [2.45, 2.75) is 25.1 Å². The summed E-state index contributed by atoms with van der Waals surface area (Å²) in [6, 6.07) is 4.27. The van der Waals surface area contributed by atoms with Crippen molar-refractivity contribution in [2.24, 2.45) is 5.92 Å². The second kappa shape index (κ2) is 8.53. The lowest BCUT2D eigenvalue weighted by atomic mass is 9.96. The third-order valence-electron chi connectivity index (χ3n) is 4.17. The molecule has 1 aliphatic rings. The lowest BCUT2D eigenvalue weighted by molar-refractivity contribution is -0.137. The van der Waals surface area contributed by atoms with E-state index in [2.05, 4.69) is 5.32 Å². The van der Waals surface area contributed by atoms with Crippen LogP contribution >= 0.6 is 0 Å². The topological polar surface area (TPSA) is 61.8 Å². The largest absolute Gasteiger partial charge is 0.491 e. The molecule has 1 aromatic carbocycles. The molecule has 0 spiro atoms. The van der Waals surface area contributed by atoms with E-state index >= 15 is 0 Å². The highest BCUT2D eigenvalue weighted by atomic mass is 19.4. The number of piperidine rings is 1. The number of hydrogen-bond acceptors (Lipinski definition) is 4. The second-order valence-corrected chi connectivity index (χ2v) is 6.23. The Balaban J connectivity index is 1.77. The summed E-state index contributed by atoms with van der Waals surface area (Å²) >= 11 is 0. The van der Waals surface area contributed by atoms with E-state index in [1.54, 1.807) is 7.05 Å². The highest BCUT2D eigenvalue weighted by Gasteiger charge is 2.30. The second-order valence-electron chi connectivity index (χ2n) is 6.23. The first kappa shape index (κ1) is 19.5. The Labute approximate surface area is 144 Å². The first-order valence-electron chi connectivity index (χ1n) is 8.21. The molecule has 0 saturated carbocycles. The summed E-state index contributed by atoms with van der Waals surface area (Å²) in [5.41, 5.74) is -0.757. The van der Waals surface area contributed by atoms with Crippen molar-refractivity contribution in [3.8, 4) is 5.75 Å². The van der Waals surface area contributed by atoms with Gasteiger partial charge in [0.05, 0.1) is 5.56 Å². The zero-order valence-electron chi connectivity index (χ0n) is 14.1. The molecule has 1 unspecified atom stereocenters. The van der Waals surface area contributed by atoms with Gasteiger partial charge in [-0.1, -0.05) is 0 Å². The van der Waals surface area contributed by atoms with Gasteiger partial charge in [0.25, 0.3) is 0 Å². The van der Waals surface area contributed by atoms with E-state index < -0.39 is 17.8 Å². The minimum absolute atomic E-state index is 0.00456. The molecule has 25 heavy (non-hydrogen) atoms. The summed E-state index contributed by atoms with van der Waals surface area (Å²) in [5.74, 6) is 0.198. The molecule has 1 fully saturated rings. The third kappa shape index (κ3) is 5.89. The maximum absolute atomic E-state index is 12.5. The molecule has 140 valence electrons. The quantitative estimate of drug-likeness (QED) is 0.814. The fraction of sp³-hybridized carbons (Fsp3) is 0.588. The minimum atomic E-state index is -4.39. The Bertz CT molecular complexity index is 557. The summed E-state index contributed by atoms with van der Waals surface area (Å²) in [7, 11) is 1.63. The van der Waals surface area contributed by atoms with E-state index in [1.807, 2.05) is 0 Å². The number of hydrogen-bond donors (Lipinski definition) is 2. The Morgan fingerprint density at radius 2 is 1.92 bits per heavy atom. The zero-order valence-corrected chi connectivity index (χ0v) is 14.1. The molecule has 1 aromatic rings. The average Bonchev–Trinajstić information content (AvgIpc) is 2.59. The number of aliphatic hydroxyl groups is 1. The first-order chi connectivity index (χ1) is 11.8. The summed E-state index contributed by atoms with van der Waals surface area (Å²) in [6.45, 7) is 1.63. The van der Waals surface area contributed by atoms with Crippen molar-refractivity contribution in [3.05, 3.63) is 29.8 Å². The number of likely N-dealkylation sites (N-methyl/N-ethyl adjacent to an activating group) is 1. The monoisotopic (exact) mass is 360 g/mol. The summed E-state index contributed by atoms with van der Waals surface area (Å²) < 4.78 is 42.7. The fourth-order valence-corrected chi connectivity index (χ4v) is 2.77. The summed E-state index contributed by atoms with van der Waals surface area (Å²) in [4.78, 5) is 13.8. The number of nitrogens with one attached hydrogen (secondary N) is 1. The van der Waals surface area contributed by atoms with E-state index in [9.17, 15) is 23.1 Å². The van der Waals surface area contributed by atoms with Gasteiger partial charge in [0.15, 0.2) is 0 Å².